The quantitative estimate of drug-likeness (QED) is 0.491. The second-order valence-corrected chi connectivity index (χ2v) is 5.89. The predicted molar refractivity (Wildman–Crippen MR) is 85.5 cm³/mol. The number of hydrogen-bond donors (Lipinski definition) is 1. The third kappa shape index (κ3) is 5.71. The normalized spacial score (nSPS) is 12.9. The number of carbonyl (C=O) groups is 1. The molecule has 118 valence electrons. The van der Waals surface area contributed by atoms with Crippen molar-refractivity contribution >= 4 is 23.3 Å². The molecule has 1 N–H and O–H groups in total. The van der Waals surface area contributed by atoms with E-state index in [9.17, 15) is 4.79 Å². The van der Waals surface area contributed by atoms with E-state index in [1.807, 2.05) is 38.1 Å². The molecule has 0 aliphatic heterocycles. The zero-order chi connectivity index (χ0) is 15.8. The summed E-state index contributed by atoms with van der Waals surface area (Å²) < 4.78 is 4.71. The van der Waals surface area contributed by atoms with E-state index in [4.69, 9.17) is 4.74 Å². The molecule has 1 rings (SSSR count). The molecule has 1 atom stereocenters. The van der Waals surface area contributed by atoms with Crippen LogP contribution < -0.4 is 5.32 Å². The van der Waals surface area contributed by atoms with Gasteiger partial charge < -0.3 is 15.0 Å². The van der Waals surface area contributed by atoms with Gasteiger partial charge in [-0.2, -0.15) is 0 Å². The summed E-state index contributed by atoms with van der Waals surface area (Å²) in [5, 5.41) is 6.32. The van der Waals surface area contributed by atoms with Gasteiger partial charge in [-0.3, -0.25) is 9.79 Å². The van der Waals surface area contributed by atoms with E-state index in [1.54, 1.807) is 11.3 Å². The van der Waals surface area contributed by atoms with Crippen molar-refractivity contribution in [2.45, 2.75) is 27.3 Å². The number of esters is 1. The van der Waals surface area contributed by atoms with E-state index in [0.29, 0.717) is 13.1 Å². The number of ether oxygens (including phenoxy) is 1. The smallest absolute Gasteiger partial charge is 0.310 e. The molecule has 0 spiro atoms. The van der Waals surface area contributed by atoms with Gasteiger partial charge in [0.2, 0.25) is 0 Å². The Morgan fingerprint density at radius 2 is 2.33 bits per heavy atom. The maximum atomic E-state index is 11.4. The summed E-state index contributed by atoms with van der Waals surface area (Å²) in [6.45, 7) is 7.67. The van der Waals surface area contributed by atoms with Crippen LogP contribution in [0.4, 0.5) is 0 Å². The molecular weight excluding hydrogens is 288 g/mol. The average Bonchev–Trinajstić information content (AvgIpc) is 2.87. The Morgan fingerprint density at radius 3 is 2.86 bits per heavy atom. The molecule has 0 amide bonds. The zero-order valence-corrected chi connectivity index (χ0v) is 14.2. The Morgan fingerprint density at radius 1 is 1.62 bits per heavy atom. The first-order chi connectivity index (χ1) is 9.97. The Bertz CT molecular complexity index is 487. The van der Waals surface area contributed by atoms with Crippen LogP contribution in [0.25, 0.3) is 0 Å². The summed E-state index contributed by atoms with van der Waals surface area (Å²) >= 11 is 1.64. The molecular formula is C14H24N4O2S. The van der Waals surface area contributed by atoms with Crippen molar-refractivity contribution in [3.8, 4) is 0 Å². The van der Waals surface area contributed by atoms with Crippen LogP contribution in [0.1, 0.15) is 24.5 Å². The van der Waals surface area contributed by atoms with Gasteiger partial charge in [-0.1, -0.05) is 6.92 Å². The van der Waals surface area contributed by atoms with Crippen molar-refractivity contribution in [3.63, 3.8) is 0 Å². The Balaban J connectivity index is 2.68. The number of nitrogens with one attached hydrogen (secondary N) is 1. The largest absolute Gasteiger partial charge is 0.469 e. The zero-order valence-electron chi connectivity index (χ0n) is 13.3. The molecule has 7 heteroatoms. The number of hydrogen-bond acceptors (Lipinski definition) is 5. The Hall–Kier alpha value is -1.63. The summed E-state index contributed by atoms with van der Waals surface area (Å²) in [6.07, 6.45) is 0. The Kier molecular flexibility index (Phi) is 7.14. The number of aromatic nitrogens is 1. The molecule has 0 saturated carbocycles. The SMILES string of the molecule is CCNC(=NCC(C)C(=O)OC)N(C)Cc1csc(C)n1. The molecule has 1 unspecified atom stereocenters. The van der Waals surface area contributed by atoms with Crippen molar-refractivity contribution in [1.29, 1.82) is 0 Å². The van der Waals surface area contributed by atoms with Crippen molar-refractivity contribution in [2.24, 2.45) is 10.9 Å². The molecule has 6 nitrogen and oxygen atoms in total. The average molecular weight is 312 g/mol. The number of methoxy groups -OCH3 is 1. The lowest BCUT2D eigenvalue weighted by molar-refractivity contribution is -0.144. The fraction of sp³-hybridized carbons (Fsp3) is 0.643. The lowest BCUT2D eigenvalue weighted by Crippen LogP contribution is -2.39. The van der Waals surface area contributed by atoms with Crippen LogP contribution in [-0.2, 0) is 16.1 Å². The maximum Gasteiger partial charge on any atom is 0.310 e. The summed E-state index contributed by atoms with van der Waals surface area (Å²) in [6, 6.07) is 0. The van der Waals surface area contributed by atoms with E-state index in [-0.39, 0.29) is 11.9 Å². The van der Waals surface area contributed by atoms with Gasteiger partial charge in [0.25, 0.3) is 0 Å². The predicted octanol–water partition coefficient (Wildman–Crippen LogP) is 1.66. The van der Waals surface area contributed by atoms with E-state index in [1.165, 1.54) is 7.11 Å². The van der Waals surface area contributed by atoms with Crippen LogP contribution in [-0.4, -0.2) is 49.1 Å². The van der Waals surface area contributed by atoms with Gasteiger partial charge in [-0.05, 0) is 13.8 Å². The lowest BCUT2D eigenvalue weighted by Gasteiger charge is -2.21. The first kappa shape index (κ1) is 17.4. The highest BCUT2D eigenvalue weighted by Crippen LogP contribution is 2.10. The third-order valence-corrected chi connectivity index (χ3v) is 3.70. The number of guanidine groups is 1. The summed E-state index contributed by atoms with van der Waals surface area (Å²) in [4.78, 5) is 22.4. The van der Waals surface area contributed by atoms with Gasteiger partial charge in [0, 0.05) is 19.0 Å². The highest BCUT2D eigenvalue weighted by atomic mass is 32.1. The lowest BCUT2D eigenvalue weighted by atomic mass is 10.2. The topological polar surface area (TPSA) is 66.8 Å². The fourth-order valence-corrected chi connectivity index (χ4v) is 2.37. The molecule has 0 saturated heterocycles. The number of carbonyl (C=O) groups excluding carboxylic acids is 1. The molecule has 21 heavy (non-hydrogen) atoms. The molecule has 0 aliphatic rings. The van der Waals surface area contributed by atoms with Gasteiger partial charge in [-0.25, -0.2) is 4.98 Å². The van der Waals surface area contributed by atoms with Gasteiger partial charge in [0.1, 0.15) is 0 Å². The minimum absolute atomic E-state index is 0.243. The van der Waals surface area contributed by atoms with E-state index >= 15 is 0 Å². The van der Waals surface area contributed by atoms with Crippen LogP contribution in [0.15, 0.2) is 10.4 Å². The van der Waals surface area contributed by atoms with Gasteiger partial charge in [0.15, 0.2) is 5.96 Å². The monoisotopic (exact) mass is 312 g/mol. The third-order valence-electron chi connectivity index (χ3n) is 2.88. The van der Waals surface area contributed by atoms with Crippen LogP contribution in [0.3, 0.4) is 0 Å². The van der Waals surface area contributed by atoms with Crippen molar-refractivity contribution in [1.82, 2.24) is 15.2 Å². The maximum absolute atomic E-state index is 11.4. The number of rotatable bonds is 6. The van der Waals surface area contributed by atoms with Gasteiger partial charge in [-0.15, -0.1) is 11.3 Å². The number of aryl methyl sites for hydroxylation is 1. The summed E-state index contributed by atoms with van der Waals surface area (Å²) in [5.41, 5.74) is 1.02. The van der Waals surface area contributed by atoms with Crippen LogP contribution in [0.2, 0.25) is 0 Å². The van der Waals surface area contributed by atoms with Crippen LogP contribution in [0.5, 0.6) is 0 Å². The van der Waals surface area contributed by atoms with Gasteiger partial charge >= 0.3 is 5.97 Å². The molecule has 1 heterocycles. The van der Waals surface area contributed by atoms with Gasteiger partial charge in [0.05, 0.1) is 36.8 Å². The summed E-state index contributed by atoms with van der Waals surface area (Å²) in [5.74, 6) is 0.268. The number of thiazole rings is 1. The molecule has 0 aliphatic carbocycles. The van der Waals surface area contributed by atoms with E-state index < -0.39 is 0 Å². The van der Waals surface area contributed by atoms with Crippen molar-refractivity contribution < 1.29 is 9.53 Å². The van der Waals surface area contributed by atoms with Crippen LogP contribution in [0, 0.1) is 12.8 Å². The second-order valence-electron chi connectivity index (χ2n) is 4.83. The summed E-state index contributed by atoms with van der Waals surface area (Å²) in [7, 11) is 3.35. The first-order valence-corrected chi connectivity index (χ1v) is 7.84. The highest BCUT2D eigenvalue weighted by Gasteiger charge is 2.14. The fourth-order valence-electron chi connectivity index (χ4n) is 1.77. The van der Waals surface area contributed by atoms with E-state index in [0.717, 1.165) is 23.2 Å². The molecule has 1 aromatic rings. The minimum Gasteiger partial charge on any atom is -0.469 e. The molecule has 0 bridgehead atoms. The number of nitrogens with zero attached hydrogens (tertiary/aromatic N) is 3. The molecule has 0 radical (unpaired) electrons. The first-order valence-electron chi connectivity index (χ1n) is 6.96. The van der Waals surface area contributed by atoms with Crippen molar-refractivity contribution in [2.75, 3.05) is 27.2 Å². The standard InChI is InChI=1S/C14H24N4O2S/c1-6-15-14(16-7-10(2)13(19)20-5)18(4)8-12-9-21-11(3)17-12/h9-10H,6-8H2,1-5H3,(H,15,16). The van der Waals surface area contributed by atoms with Crippen molar-refractivity contribution in [3.05, 3.63) is 16.1 Å². The highest BCUT2D eigenvalue weighted by molar-refractivity contribution is 7.09. The molecule has 0 fully saturated rings. The molecule has 0 aromatic carbocycles. The van der Waals surface area contributed by atoms with E-state index in [2.05, 4.69) is 15.3 Å². The Labute approximate surface area is 130 Å². The number of aliphatic imine (C=N–C) groups is 1. The minimum atomic E-state index is -0.251. The van der Waals surface area contributed by atoms with Crippen LogP contribution >= 0.6 is 11.3 Å². The molecule has 1 aromatic heterocycles. The second kappa shape index (κ2) is 8.61.